The summed E-state index contributed by atoms with van der Waals surface area (Å²) in [6, 6.07) is 15.9. The van der Waals surface area contributed by atoms with Gasteiger partial charge < -0.3 is 19.4 Å². The lowest BCUT2D eigenvalue weighted by atomic mass is 9.91. The van der Waals surface area contributed by atoms with E-state index in [1.54, 1.807) is 0 Å². The number of benzene rings is 2. The molecule has 1 atom stereocenters. The van der Waals surface area contributed by atoms with Crippen LogP contribution in [0.15, 0.2) is 48.5 Å². The Hall–Kier alpha value is -3.28. The van der Waals surface area contributed by atoms with E-state index in [0.717, 1.165) is 35.0 Å². The Bertz CT molecular complexity index is 1090. The highest BCUT2D eigenvalue weighted by Crippen LogP contribution is 2.33. The van der Waals surface area contributed by atoms with Gasteiger partial charge >= 0.3 is 12.1 Å². The highest BCUT2D eigenvalue weighted by molar-refractivity contribution is 5.88. The van der Waals surface area contributed by atoms with Crippen LogP contribution in [0.2, 0.25) is 0 Å². The number of esters is 1. The van der Waals surface area contributed by atoms with Gasteiger partial charge in [-0.3, -0.25) is 4.79 Å². The quantitative estimate of drug-likeness (QED) is 0.604. The standard InChI is InChI=1S/C25H28N2O4/c1-3-30-24(28)15-27-22-11-9-17(2)13-20(22)21-14-19(10-12-23(21)27)26-25(29)31-16-18-7-5-4-6-8-18/h4-9,11,13,19H,3,10,12,14-16H2,1-2H3,(H,26,29). The minimum atomic E-state index is -0.399. The molecule has 2 aromatic carbocycles. The van der Waals surface area contributed by atoms with Crippen molar-refractivity contribution in [2.24, 2.45) is 0 Å². The molecule has 1 N–H and O–H groups in total. The van der Waals surface area contributed by atoms with Gasteiger partial charge in [-0.1, -0.05) is 42.0 Å². The van der Waals surface area contributed by atoms with Gasteiger partial charge in [0.2, 0.25) is 0 Å². The maximum atomic E-state index is 12.3. The first-order chi connectivity index (χ1) is 15.0. The lowest BCUT2D eigenvalue weighted by Crippen LogP contribution is -2.39. The molecule has 3 aromatic rings. The summed E-state index contributed by atoms with van der Waals surface area (Å²) in [6.45, 7) is 4.71. The fraction of sp³-hybridized carbons (Fsp3) is 0.360. The zero-order valence-corrected chi connectivity index (χ0v) is 18.0. The number of nitrogens with zero attached hydrogens (tertiary/aromatic N) is 1. The van der Waals surface area contributed by atoms with E-state index in [1.807, 2.05) is 37.3 Å². The van der Waals surface area contributed by atoms with E-state index >= 15 is 0 Å². The summed E-state index contributed by atoms with van der Waals surface area (Å²) < 4.78 is 12.7. The summed E-state index contributed by atoms with van der Waals surface area (Å²) in [4.78, 5) is 24.5. The summed E-state index contributed by atoms with van der Waals surface area (Å²) in [5.41, 5.74) is 5.52. The van der Waals surface area contributed by atoms with Crippen molar-refractivity contribution in [1.29, 1.82) is 0 Å². The fourth-order valence-corrected chi connectivity index (χ4v) is 4.33. The summed E-state index contributed by atoms with van der Waals surface area (Å²) in [5, 5.41) is 4.16. The van der Waals surface area contributed by atoms with Crippen molar-refractivity contribution in [3.8, 4) is 0 Å². The third kappa shape index (κ3) is 4.74. The number of alkyl carbamates (subject to hydrolysis) is 1. The summed E-state index contributed by atoms with van der Waals surface area (Å²) in [6.07, 6.45) is 1.90. The largest absolute Gasteiger partial charge is 0.465 e. The van der Waals surface area contributed by atoms with Gasteiger partial charge in [0, 0.05) is 22.6 Å². The molecule has 0 saturated carbocycles. The van der Waals surface area contributed by atoms with Crippen LogP contribution in [0.4, 0.5) is 4.79 Å². The number of ether oxygens (including phenoxy) is 2. The maximum Gasteiger partial charge on any atom is 0.407 e. The first kappa shape index (κ1) is 21.0. The van der Waals surface area contributed by atoms with Gasteiger partial charge in [0.15, 0.2) is 0 Å². The molecule has 1 aliphatic rings. The molecule has 6 nitrogen and oxygen atoms in total. The zero-order valence-electron chi connectivity index (χ0n) is 18.0. The molecule has 1 heterocycles. The van der Waals surface area contributed by atoms with E-state index in [-0.39, 0.29) is 25.2 Å². The van der Waals surface area contributed by atoms with Crippen molar-refractivity contribution in [2.75, 3.05) is 6.61 Å². The third-order valence-corrected chi connectivity index (χ3v) is 5.75. The second kappa shape index (κ2) is 9.25. The van der Waals surface area contributed by atoms with Crippen LogP contribution < -0.4 is 5.32 Å². The summed E-state index contributed by atoms with van der Waals surface area (Å²) in [5.74, 6) is -0.229. The molecule has 31 heavy (non-hydrogen) atoms. The molecule has 1 amide bonds. The van der Waals surface area contributed by atoms with Crippen LogP contribution in [0.5, 0.6) is 0 Å². The second-order valence-electron chi connectivity index (χ2n) is 7.98. The molecule has 0 bridgehead atoms. The maximum absolute atomic E-state index is 12.3. The molecule has 0 spiro atoms. The molecule has 0 aliphatic heterocycles. The Morgan fingerprint density at radius 3 is 2.71 bits per heavy atom. The van der Waals surface area contributed by atoms with Crippen molar-refractivity contribution in [2.45, 2.75) is 52.3 Å². The molecule has 4 rings (SSSR count). The minimum Gasteiger partial charge on any atom is -0.465 e. The van der Waals surface area contributed by atoms with Crippen molar-refractivity contribution < 1.29 is 19.1 Å². The molecular weight excluding hydrogens is 392 g/mol. The van der Waals surface area contributed by atoms with E-state index in [9.17, 15) is 9.59 Å². The minimum absolute atomic E-state index is 0.00192. The van der Waals surface area contributed by atoms with Crippen molar-refractivity contribution in [1.82, 2.24) is 9.88 Å². The Balaban J connectivity index is 1.50. The van der Waals surface area contributed by atoms with Crippen LogP contribution in [0.3, 0.4) is 0 Å². The molecule has 0 saturated heterocycles. The van der Waals surface area contributed by atoms with Gasteiger partial charge in [0.05, 0.1) is 6.61 Å². The van der Waals surface area contributed by atoms with Crippen LogP contribution in [0.1, 0.15) is 35.7 Å². The molecule has 6 heteroatoms. The van der Waals surface area contributed by atoms with Crippen LogP contribution in [-0.4, -0.2) is 29.3 Å². The van der Waals surface area contributed by atoms with E-state index in [2.05, 4.69) is 35.0 Å². The van der Waals surface area contributed by atoms with Crippen molar-refractivity contribution >= 4 is 23.0 Å². The van der Waals surface area contributed by atoms with E-state index < -0.39 is 6.09 Å². The molecule has 1 aromatic heterocycles. The van der Waals surface area contributed by atoms with Crippen LogP contribution in [-0.2, 0) is 40.3 Å². The highest BCUT2D eigenvalue weighted by Gasteiger charge is 2.27. The van der Waals surface area contributed by atoms with Gasteiger partial charge in [-0.05, 0) is 56.4 Å². The lowest BCUT2D eigenvalue weighted by molar-refractivity contribution is -0.143. The topological polar surface area (TPSA) is 69.6 Å². The third-order valence-electron chi connectivity index (χ3n) is 5.75. The number of carbonyl (C=O) groups is 2. The lowest BCUT2D eigenvalue weighted by Gasteiger charge is -2.24. The van der Waals surface area contributed by atoms with Crippen molar-refractivity contribution in [3.63, 3.8) is 0 Å². The number of fused-ring (bicyclic) bond motifs is 3. The summed E-state index contributed by atoms with van der Waals surface area (Å²) >= 11 is 0. The summed E-state index contributed by atoms with van der Waals surface area (Å²) in [7, 11) is 0. The number of rotatable bonds is 6. The van der Waals surface area contributed by atoms with E-state index in [1.165, 1.54) is 11.1 Å². The van der Waals surface area contributed by atoms with E-state index in [4.69, 9.17) is 9.47 Å². The predicted octanol–water partition coefficient (Wildman–Crippen LogP) is 4.30. The van der Waals surface area contributed by atoms with Gasteiger partial charge in [0.1, 0.15) is 13.2 Å². The molecule has 162 valence electrons. The Morgan fingerprint density at radius 2 is 1.94 bits per heavy atom. The van der Waals surface area contributed by atoms with Crippen LogP contribution in [0.25, 0.3) is 10.9 Å². The van der Waals surface area contributed by atoms with Gasteiger partial charge in [0.25, 0.3) is 0 Å². The molecule has 1 aliphatic carbocycles. The SMILES string of the molecule is CCOC(=O)Cn1c2c(c3cc(C)ccc31)CC(NC(=O)OCc1ccccc1)CC2. The second-order valence-corrected chi connectivity index (χ2v) is 7.98. The first-order valence-electron chi connectivity index (χ1n) is 10.8. The smallest absolute Gasteiger partial charge is 0.407 e. The predicted molar refractivity (Wildman–Crippen MR) is 119 cm³/mol. The van der Waals surface area contributed by atoms with Gasteiger partial charge in [-0.2, -0.15) is 0 Å². The normalized spacial score (nSPS) is 15.4. The Morgan fingerprint density at radius 1 is 1.13 bits per heavy atom. The fourth-order valence-electron chi connectivity index (χ4n) is 4.33. The molecule has 1 unspecified atom stereocenters. The average molecular weight is 421 g/mol. The van der Waals surface area contributed by atoms with Gasteiger partial charge in [-0.15, -0.1) is 0 Å². The number of nitrogens with one attached hydrogen (secondary N) is 1. The number of carbonyl (C=O) groups excluding carboxylic acids is 2. The first-order valence-corrected chi connectivity index (χ1v) is 10.8. The highest BCUT2D eigenvalue weighted by atomic mass is 16.5. The van der Waals surface area contributed by atoms with Gasteiger partial charge in [-0.25, -0.2) is 4.79 Å². The zero-order chi connectivity index (χ0) is 21.8. The van der Waals surface area contributed by atoms with Crippen molar-refractivity contribution in [3.05, 3.63) is 70.9 Å². The average Bonchev–Trinajstić information content (AvgIpc) is 3.05. The molecule has 0 radical (unpaired) electrons. The molecular formula is C25H28N2O4. The van der Waals surface area contributed by atoms with Crippen LogP contribution >= 0.6 is 0 Å². The monoisotopic (exact) mass is 420 g/mol. The van der Waals surface area contributed by atoms with Crippen LogP contribution in [0, 0.1) is 6.92 Å². The Labute approximate surface area is 182 Å². The Kier molecular flexibility index (Phi) is 6.26. The number of hydrogen-bond donors (Lipinski definition) is 1. The number of amides is 1. The number of aromatic nitrogens is 1. The number of hydrogen-bond acceptors (Lipinski definition) is 4. The molecule has 0 fully saturated rings. The van der Waals surface area contributed by atoms with E-state index in [0.29, 0.717) is 13.0 Å². The number of aryl methyl sites for hydroxylation is 1.